The highest BCUT2D eigenvalue weighted by molar-refractivity contribution is 6.42. The number of rotatable bonds is 8. The molecular formula is C19H22Cl2N2O2. The van der Waals surface area contributed by atoms with Gasteiger partial charge in [0, 0.05) is 11.4 Å². The first kappa shape index (κ1) is 19.4. The maximum Gasteiger partial charge on any atom is 0.243 e. The van der Waals surface area contributed by atoms with Gasteiger partial charge in [-0.05, 0) is 54.8 Å². The molecule has 0 aromatic heterocycles. The second kappa shape index (κ2) is 9.54. The smallest absolute Gasteiger partial charge is 0.243 e. The molecule has 0 aliphatic heterocycles. The van der Waals surface area contributed by atoms with Gasteiger partial charge in [-0.15, -0.1) is 0 Å². The van der Waals surface area contributed by atoms with Gasteiger partial charge in [-0.2, -0.15) is 0 Å². The van der Waals surface area contributed by atoms with Gasteiger partial charge >= 0.3 is 0 Å². The van der Waals surface area contributed by atoms with Gasteiger partial charge in [-0.25, -0.2) is 0 Å². The summed E-state index contributed by atoms with van der Waals surface area (Å²) in [4.78, 5) is 12.0. The Kier molecular flexibility index (Phi) is 7.41. The summed E-state index contributed by atoms with van der Waals surface area (Å²) in [6.45, 7) is 5.14. The first-order valence-electron chi connectivity index (χ1n) is 8.15. The van der Waals surface area contributed by atoms with E-state index in [-0.39, 0.29) is 12.5 Å². The topological polar surface area (TPSA) is 50.4 Å². The van der Waals surface area contributed by atoms with Crippen LogP contribution in [0.2, 0.25) is 10.0 Å². The van der Waals surface area contributed by atoms with Crippen LogP contribution in [0.3, 0.4) is 0 Å². The predicted octanol–water partition coefficient (Wildman–Crippen LogP) is 5.47. The predicted molar refractivity (Wildman–Crippen MR) is 105 cm³/mol. The van der Waals surface area contributed by atoms with Crippen molar-refractivity contribution in [3.8, 4) is 5.75 Å². The lowest BCUT2D eigenvalue weighted by molar-refractivity contribution is -0.114. The number of hydrogen-bond donors (Lipinski definition) is 2. The average molecular weight is 381 g/mol. The number of amides is 1. The molecule has 0 saturated heterocycles. The summed E-state index contributed by atoms with van der Waals surface area (Å²) in [6, 6.07) is 12.5. The SMILES string of the molecule is CC(C)CCOc1ccc(NC(=O)CNc2ccc(Cl)c(Cl)c2)cc1. The number of ether oxygens (including phenoxy) is 1. The van der Waals surface area contributed by atoms with Gasteiger partial charge < -0.3 is 15.4 Å². The van der Waals surface area contributed by atoms with Crippen molar-refractivity contribution in [3.05, 3.63) is 52.5 Å². The van der Waals surface area contributed by atoms with E-state index in [0.29, 0.717) is 22.6 Å². The maximum atomic E-state index is 12.0. The molecule has 0 unspecified atom stereocenters. The van der Waals surface area contributed by atoms with Crippen molar-refractivity contribution >= 4 is 40.5 Å². The number of benzene rings is 2. The van der Waals surface area contributed by atoms with Crippen LogP contribution in [0.5, 0.6) is 5.75 Å². The van der Waals surface area contributed by atoms with E-state index in [2.05, 4.69) is 24.5 Å². The molecule has 4 nitrogen and oxygen atoms in total. The number of nitrogens with one attached hydrogen (secondary N) is 2. The van der Waals surface area contributed by atoms with E-state index in [1.165, 1.54) is 0 Å². The Hall–Kier alpha value is -1.91. The van der Waals surface area contributed by atoms with Gasteiger partial charge in [0.1, 0.15) is 5.75 Å². The Labute approximate surface area is 158 Å². The van der Waals surface area contributed by atoms with Gasteiger partial charge in [0.2, 0.25) is 5.91 Å². The maximum absolute atomic E-state index is 12.0. The third-order valence-corrected chi connectivity index (χ3v) is 4.21. The molecule has 2 aromatic rings. The van der Waals surface area contributed by atoms with Crippen molar-refractivity contribution in [3.63, 3.8) is 0 Å². The largest absolute Gasteiger partial charge is 0.494 e. The van der Waals surface area contributed by atoms with Crippen LogP contribution in [0.25, 0.3) is 0 Å². The fraction of sp³-hybridized carbons (Fsp3) is 0.316. The molecule has 0 radical (unpaired) electrons. The molecule has 1 amide bonds. The molecule has 134 valence electrons. The molecule has 0 aliphatic rings. The Morgan fingerprint density at radius 2 is 1.72 bits per heavy atom. The number of carbonyl (C=O) groups excluding carboxylic acids is 1. The number of carbonyl (C=O) groups is 1. The monoisotopic (exact) mass is 380 g/mol. The third-order valence-electron chi connectivity index (χ3n) is 3.47. The van der Waals surface area contributed by atoms with Crippen LogP contribution in [0.1, 0.15) is 20.3 Å². The van der Waals surface area contributed by atoms with E-state index in [9.17, 15) is 4.79 Å². The van der Waals surface area contributed by atoms with Crippen molar-refractivity contribution < 1.29 is 9.53 Å². The normalized spacial score (nSPS) is 10.6. The zero-order chi connectivity index (χ0) is 18.2. The fourth-order valence-electron chi connectivity index (χ4n) is 2.04. The Morgan fingerprint density at radius 3 is 2.36 bits per heavy atom. The zero-order valence-corrected chi connectivity index (χ0v) is 15.8. The van der Waals surface area contributed by atoms with E-state index in [1.54, 1.807) is 18.2 Å². The van der Waals surface area contributed by atoms with E-state index in [1.807, 2.05) is 24.3 Å². The summed E-state index contributed by atoms with van der Waals surface area (Å²) < 4.78 is 5.65. The van der Waals surface area contributed by atoms with Crippen molar-refractivity contribution in [1.29, 1.82) is 0 Å². The highest BCUT2D eigenvalue weighted by Gasteiger charge is 2.05. The molecule has 2 aromatic carbocycles. The average Bonchev–Trinajstić information content (AvgIpc) is 2.57. The fourth-order valence-corrected chi connectivity index (χ4v) is 2.34. The number of hydrogen-bond acceptors (Lipinski definition) is 3. The molecule has 0 atom stereocenters. The molecule has 2 N–H and O–H groups in total. The molecule has 0 saturated carbocycles. The van der Waals surface area contributed by atoms with E-state index < -0.39 is 0 Å². The first-order chi connectivity index (χ1) is 11.9. The number of halogens is 2. The lowest BCUT2D eigenvalue weighted by Crippen LogP contribution is -2.21. The summed E-state index contributed by atoms with van der Waals surface area (Å²) in [6.07, 6.45) is 1.01. The van der Waals surface area contributed by atoms with E-state index >= 15 is 0 Å². The molecule has 0 fully saturated rings. The molecule has 2 rings (SSSR count). The van der Waals surface area contributed by atoms with Gasteiger partial charge in [-0.3, -0.25) is 4.79 Å². The Balaban J connectivity index is 1.78. The molecule has 0 heterocycles. The van der Waals surface area contributed by atoms with Gasteiger partial charge in [0.05, 0.1) is 23.2 Å². The van der Waals surface area contributed by atoms with Crippen LogP contribution in [0.15, 0.2) is 42.5 Å². The first-order valence-corrected chi connectivity index (χ1v) is 8.91. The van der Waals surface area contributed by atoms with Crippen LogP contribution in [0.4, 0.5) is 11.4 Å². The van der Waals surface area contributed by atoms with Crippen LogP contribution in [0, 0.1) is 5.92 Å². The molecular weight excluding hydrogens is 359 g/mol. The second-order valence-corrected chi connectivity index (χ2v) is 6.90. The molecule has 0 bridgehead atoms. The van der Waals surface area contributed by atoms with Crippen LogP contribution in [-0.4, -0.2) is 19.1 Å². The number of anilines is 2. The third kappa shape index (κ3) is 6.85. The highest BCUT2D eigenvalue weighted by atomic mass is 35.5. The standard InChI is InChI=1S/C19H22Cl2N2O2/c1-13(2)9-10-25-16-6-3-14(4-7-16)23-19(24)12-22-15-5-8-17(20)18(21)11-15/h3-8,11,13,22H,9-10,12H2,1-2H3,(H,23,24). The second-order valence-electron chi connectivity index (χ2n) is 6.09. The summed E-state index contributed by atoms with van der Waals surface area (Å²) in [7, 11) is 0. The van der Waals surface area contributed by atoms with Crippen molar-refractivity contribution in [2.75, 3.05) is 23.8 Å². The van der Waals surface area contributed by atoms with Crippen molar-refractivity contribution in [2.24, 2.45) is 5.92 Å². The van der Waals surface area contributed by atoms with Crippen molar-refractivity contribution in [2.45, 2.75) is 20.3 Å². The van der Waals surface area contributed by atoms with Crippen LogP contribution < -0.4 is 15.4 Å². The summed E-state index contributed by atoms with van der Waals surface area (Å²) >= 11 is 11.8. The molecule has 6 heteroatoms. The minimum Gasteiger partial charge on any atom is -0.494 e. The van der Waals surface area contributed by atoms with Crippen molar-refractivity contribution in [1.82, 2.24) is 0 Å². The summed E-state index contributed by atoms with van der Waals surface area (Å²) in [5.41, 5.74) is 1.45. The lowest BCUT2D eigenvalue weighted by Gasteiger charge is -2.10. The van der Waals surface area contributed by atoms with Crippen LogP contribution >= 0.6 is 23.2 Å². The van der Waals surface area contributed by atoms with Crippen LogP contribution in [-0.2, 0) is 4.79 Å². The van der Waals surface area contributed by atoms with Gasteiger partial charge in [0.15, 0.2) is 0 Å². The molecule has 0 aliphatic carbocycles. The Morgan fingerprint density at radius 1 is 1.04 bits per heavy atom. The Bertz CT molecular complexity index is 703. The minimum absolute atomic E-state index is 0.130. The van der Waals surface area contributed by atoms with E-state index in [0.717, 1.165) is 23.5 Å². The van der Waals surface area contributed by atoms with Gasteiger partial charge in [0.25, 0.3) is 0 Å². The minimum atomic E-state index is -0.153. The lowest BCUT2D eigenvalue weighted by atomic mass is 10.1. The zero-order valence-electron chi connectivity index (χ0n) is 14.3. The highest BCUT2D eigenvalue weighted by Crippen LogP contribution is 2.24. The van der Waals surface area contributed by atoms with Gasteiger partial charge in [-0.1, -0.05) is 37.0 Å². The molecule has 25 heavy (non-hydrogen) atoms. The molecule has 0 spiro atoms. The quantitative estimate of drug-likeness (QED) is 0.638. The van der Waals surface area contributed by atoms with E-state index in [4.69, 9.17) is 27.9 Å². The summed E-state index contributed by atoms with van der Waals surface area (Å²) in [5, 5.41) is 6.75. The summed E-state index contributed by atoms with van der Waals surface area (Å²) in [5.74, 6) is 1.26.